The molecule has 1 atom stereocenters. The topological polar surface area (TPSA) is 41.6 Å². The Bertz CT molecular complexity index is 616. The first-order valence-corrected chi connectivity index (χ1v) is 7.65. The monoisotopic (exact) mass is 285 g/mol. The van der Waals surface area contributed by atoms with Crippen LogP contribution in [0.4, 0.5) is 0 Å². The lowest BCUT2D eigenvalue weighted by molar-refractivity contribution is 0.219. The number of nitrogens with two attached hydrogens (primary N) is 1. The highest BCUT2D eigenvalue weighted by molar-refractivity contribution is 7.09. The van der Waals surface area contributed by atoms with Gasteiger partial charge in [-0.05, 0) is 30.9 Å². The van der Waals surface area contributed by atoms with Crippen LogP contribution in [0.3, 0.4) is 0 Å². The molecule has 1 aliphatic heterocycles. The molecular formula is C16H19N3S. The molecule has 2 heterocycles. The molecule has 0 fully saturated rings. The van der Waals surface area contributed by atoms with Gasteiger partial charge in [0.2, 0.25) is 0 Å². The average molecular weight is 285 g/mol. The minimum atomic E-state index is -0.151. The van der Waals surface area contributed by atoms with Crippen molar-refractivity contribution in [3.63, 3.8) is 0 Å². The average Bonchev–Trinajstić information content (AvgIpc) is 3.04. The molecule has 0 bridgehead atoms. The van der Waals surface area contributed by atoms with Crippen molar-refractivity contribution in [1.29, 1.82) is 0 Å². The Labute approximate surface area is 123 Å². The molecule has 0 saturated carbocycles. The van der Waals surface area contributed by atoms with Gasteiger partial charge in [0.05, 0.1) is 18.6 Å². The van der Waals surface area contributed by atoms with Gasteiger partial charge in [-0.2, -0.15) is 0 Å². The molecule has 2 N–H and O–H groups in total. The van der Waals surface area contributed by atoms with Crippen molar-refractivity contribution in [3.8, 4) is 0 Å². The van der Waals surface area contributed by atoms with Crippen molar-refractivity contribution in [2.24, 2.45) is 10.7 Å². The first kappa shape index (κ1) is 13.2. The molecule has 4 heteroatoms. The maximum Gasteiger partial charge on any atom is 0.192 e. The van der Waals surface area contributed by atoms with Gasteiger partial charge in [-0.3, -0.25) is 4.99 Å². The van der Waals surface area contributed by atoms with Crippen LogP contribution in [0.1, 0.15) is 22.9 Å². The number of aliphatic imine (C=N–C) groups is 1. The first-order chi connectivity index (χ1) is 9.59. The van der Waals surface area contributed by atoms with E-state index in [2.05, 4.69) is 65.5 Å². The highest BCUT2D eigenvalue weighted by Gasteiger charge is 2.39. The van der Waals surface area contributed by atoms with Gasteiger partial charge in [0.15, 0.2) is 5.96 Å². The van der Waals surface area contributed by atoms with Gasteiger partial charge in [-0.25, -0.2) is 0 Å². The van der Waals surface area contributed by atoms with E-state index in [0.717, 1.165) is 6.54 Å². The second-order valence-corrected chi connectivity index (χ2v) is 6.51. The van der Waals surface area contributed by atoms with Crippen molar-refractivity contribution < 1.29 is 0 Å². The van der Waals surface area contributed by atoms with E-state index in [9.17, 15) is 0 Å². The number of rotatable bonds is 3. The van der Waals surface area contributed by atoms with Crippen molar-refractivity contribution in [1.82, 2.24) is 4.90 Å². The molecule has 1 aliphatic rings. The third-order valence-corrected chi connectivity index (χ3v) is 4.85. The smallest absolute Gasteiger partial charge is 0.192 e. The second-order valence-electron chi connectivity index (χ2n) is 5.48. The summed E-state index contributed by atoms with van der Waals surface area (Å²) in [5, 5.41) is 2.10. The number of nitrogens with zero attached hydrogens (tertiary/aromatic N) is 2. The zero-order chi connectivity index (χ0) is 14.2. The summed E-state index contributed by atoms with van der Waals surface area (Å²) in [4.78, 5) is 8.00. The quantitative estimate of drug-likeness (QED) is 0.941. The van der Waals surface area contributed by atoms with Crippen LogP contribution in [0.15, 0.2) is 46.8 Å². The van der Waals surface area contributed by atoms with E-state index >= 15 is 0 Å². The summed E-state index contributed by atoms with van der Waals surface area (Å²) in [6.07, 6.45) is 0. The lowest BCUT2D eigenvalue weighted by Gasteiger charge is -2.36. The molecule has 2 aromatic rings. The lowest BCUT2D eigenvalue weighted by atomic mass is 9.90. The van der Waals surface area contributed by atoms with Crippen molar-refractivity contribution in [2.75, 3.05) is 6.54 Å². The summed E-state index contributed by atoms with van der Waals surface area (Å²) in [5.41, 5.74) is 8.51. The van der Waals surface area contributed by atoms with Gasteiger partial charge in [0.25, 0.3) is 0 Å². The Kier molecular flexibility index (Phi) is 3.26. The second kappa shape index (κ2) is 4.94. The molecular weight excluding hydrogens is 266 g/mol. The fourth-order valence-electron chi connectivity index (χ4n) is 2.63. The molecule has 1 aromatic heterocycles. The minimum absolute atomic E-state index is 0.151. The normalized spacial score (nSPS) is 22.1. The standard InChI is InChI=1S/C16H19N3S/c1-12-5-7-13(8-6-12)16(2)11-18-15(17)19(16)10-14-4-3-9-20-14/h3-9H,10-11H2,1-2H3,(H2,17,18). The van der Waals surface area contributed by atoms with Crippen molar-refractivity contribution >= 4 is 17.3 Å². The SMILES string of the molecule is Cc1ccc(C2(C)CN=C(N)N2Cc2cccs2)cc1. The van der Waals surface area contributed by atoms with Crippen LogP contribution in [0.25, 0.3) is 0 Å². The zero-order valence-electron chi connectivity index (χ0n) is 11.8. The Morgan fingerprint density at radius 3 is 2.70 bits per heavy atom. The number of guanidine groups is 1. The Hall–Kier alpha value is -1.81. The van der Waals surface area contributed by atoms with E-state index in [1.807, 2.05) is 0 Å². The van der Waals surface area contributed by atoms with Gasteiger partial charge in [-0.15, -0.1) is 11.3 Å². The molecule has 1 unspecified atom stereocenters. The molecule has 3 rings (SSSR count). The third-order valence-electron chi connectivity index (χ3n) is 3.99. The molecule has 0 radical (unpaired) electrons. The predicted octanol–water partition coefficient (Wildman–Crippen LogP) is 3.10. The van der Waals surface area contributed by atoms with Gasteiger partial charge < -0.3 is 10.6 Å². The van der Waals surface area contributed by atoms with Crippen molar-refractivity contribution in [2.45, 2.75) is 25.9 Å². The summed E-state index contributed by atoms with van der Waals surface area (Å²) >= 11 is 1.76. The van der Waals surface area contributed by atoms with Crippen LogP contribution in [-0.2, 0) is 12.1 Å². The predicted molar refractivity (Wildman–Crippen MR) is 84.9 cm³/mol. The number of aryl methyl sites for hydroxylation is 1. The van der Waals surface area contributed by atoms with Gasteiger partial charge >= 0.3 is 0 Å². The lowest BCUT2D eigenvalue weighted by Crippen LogP contribution is -2.46. The molecule has 20 heavy (non-hydrogen) atoms. The number of benzene rings is 1. The largest absolute Gasteiger partial charge is 0.370 e. The fraction of sp³-hybridized carbons (Fsp3) is 0.312. The fourth-order valence-corrected chi connectivity index (χ4v) is 3.32. The van der Waals surface area contributed by atoms with Crippen LogP contribution in [-0.4, -0.2) is 17.4 Å². The van der Waals surface area contributed by atoms with E-state index in [1.54, 1.807) is 11.3 Å². The van der Waals surface area contributed by atoms with Crippen molar-refractivity contribution in [3.05, 3.63) is 57.8 Å². The van der Waals surface area contributed by atoms with E-state index < -0.39 is 0 Å². The number of hydrogen-bond donors (Lipinski definition) is 1. The summed E-state index contributed by atoms with van der Waals surface area (Å²) in [6, 6.07) is 12.9. The van der Waals surface area contributed by atoms with Crippen LogP contribution in [0, 0.1) is 6.92 Å². The van der Waals surface area contributed by atoms with Gasteiger partial charge in [0.1, 0.15) is 0 Å². The minimum Gasteiger partial charge on any atom is -0.370 e. The van der Waals surface area contributed by atoms with Crippen LogP contribution >= 0.6 is 11.3 Å². The molecule has 0 spiro atoms. The van der Waals surface area contributed by atoms with Crippen LogP contribution < -0.4 is 5.73 Å². The summed E-state index contributed by atoms with van der Waals surface area (Å²) < 4.78 is 0. The maximum absolute atomic E-state index is 6.12. The molecule has 1 aromatic carbocycles. The number of hydrogen-bond acceptors (Lipinski definition) is 4. The summed E-state index contributed by atoms with van der Waals surface area (Å²) in [5.74, 6) is 0.640. The van der Waals surface area contributed by atoms with E-state index in [1.165, 1.54) is 16.0 Å². The summed E-state index contributed by atoms with van der Waals surface area (Å²) in [7, 11) is 0. The van der Waals surface area contributed by atoms with Gasteiger partial charge in [0, 0.05) is 4.88 Å². The maximum atomic E-state index is 6.12. The highest BCUT2D eigenvalue weighted by atomic mass is 32.1. The highest BCUT2D eigenvalue weighted by Crippen LogP contribution is 2.34. The van der Waals surface area contributed by atoms with E-state index in [4.69, 9.17) is 5.73 Å². The molecule has 0 saturated heterocycles. The Morgan fingerprint density at radius 2 is 2.05 bits per heavy atom. The number of thiophene rings is 1. The van der Waals surface area contributed by atoms with Crippen LogP contribution in [0.5, 0.6) is 0 Å². The third kappa shape index (κ3) is 2.20. The van der Waals surface area contributed by atoms with Gasteiger partial charge in [-0.1, -0.05) is 35.9 Å². The van der Waals surface area contributed by atoms with E-state index in [-0.39, 0.29) is 5.54 Å². The molecule has 3 nitrogen and oxygen atoms in total. The molecule has 104 valence electrons. The zero-order valence-corrected chi connectivity index (χ0v) is 12.7. The summed E-state index contributed by atoms with van der Waals surface area (Å²) in [6.45, 7) is 5.86. The van der Waals surface area contributed by atoms with E-state index in [0.29, 0.717) is 12.5 Å². The molecule has 0 aliphatic carbocycles. The first-order valence-electron chi connectivity index (χ1n) is 6.77. The Balaban J connectivity index is 1.93. The van der Waals surface area contributed by atoms with Crippen LogP contribution in [0.2, 0.25) is 0 Å². The Morgan fingerprint density at radius 1 is 1.30 bits per heavy atom. The molecule has 0 amide bonds.